The topological polar surface area (TPSA) is 128 Å². The van der Waals surface area contributed by atoms with Crippen LogP contribution in [0.1, 0.15) is 0 Å². The number of ketones is 1. The number of aliphatic imine (C=N–C) groups is 1. The molecule has 0 aliphatic heterocycles. The fourth-order valence-corrected chi connectivity index (χ4v) is 1.94. The van der Waals surface area contributed by atoms with E-state index in [-0.39, 0.29) is 23.7 Å². The van der Waals surface area contributed by atoms with Crippen LogP contribution >= 0.6 is 0 Å². The summed E-state index contributed by atoms with van der Waals surface area (Å²) in [6.07, 6.45) is 4.05. The maximum absolute atomic E-state index is 11.8. The van der Waals surface area contributed by atoms with Gasteiger partial charge in [0.1, 0.15) is 0 Å². The summed E-state index contributed by atoms with van der Waals surface area (Å²) in [7, 11) is 0. The van der Waals surface area contributed by atoms with Gasteiger partial charge in [-0.2, -0.15) is 0 Å². The maximum Gasteiger partial charge on any atom is 0.271 e. The molecule has 0 atom stereocenters. The van der Waals surface area contributed by atoms with Crippen LogP contribution in [0.3, 0.4) is 0 Å². The number of anilines is 1. The van der Waals surface area contributed by atoms with E-state index in [1.807, 2.05) is 0 Å². The van der Waals surface area contributed by atoms with E-state index in [1.165, 1.54) is 54.8 Å². The molecule has 132 valence electrons. The summed E-state index contributed by atoms with van der Waals surface area (Å²) in [6, 6.07) is 11.6. The minimum absolute atomic E-state index is 0.0394. The van der Waals surface area contributed by atoms with Gasteiger partial charge in [0.05, 0.1) is 22.1 Å². The van der Waals surface area contributed by atoms with Crippen LogP contribution in [0.25, 0.3) is 0 Å². The molecule has 9 heteroatoms. The molecular formula is C17H14N4O5. The minimum atomic E-state index is -0.517. The second-order valence-electron chi connectivity index (χ2n) is 5.04. The lowest BCUT2D eigenvalue weighted by molar-refractivity contribution is -0.385. The van der Waals surface area contributed by atoms with E-state index in [9.17, 15) is 25.0 Å². The van der Waals surface area contributed by atoms with Gasteiger partial charge < -0.3 is 5.32 Å². The Morgan fingerprint density at radius 3 is 2.38 bits per heavy atom. The standard InChI is InChI=1S/C17H14N4O5/c22-17(12-19-14-5-2-7-16(11-14)21(25)26)8-3-9-18-13-4-1-6-15(10-13)20(23)24/h1-11,19H,12H2/b8-3+,18-9?. The lowest BCUT2D eigenvalue weighted by atomic mass is 10.2. The van der Waals surface area contributed by atoms with Gasteiger partial charge in [-0.1, -0.05) is 12.1 Å². The molecule has 1 N–H and O–H groups in total. The lowest BCUT2D eigenvalue weighted by Gasteiger charge is -2.03. The molecule has 0 bridgehead atoms. The van der Waals surface area contributed by atoms with Gasteiger partial charge in [-0.05, 0) is 24.3 Å². The highest BCUT2D eigenvalue weighted by atomic mass is 16.6. The van der Waals surface area contributed by atoms with Crippen molar-refractivity contribution in [3.05, 3.63) is 80.9 Å². The van der Waals surface area contributed by atoms with Gasteiger partial charge >= 0.3 is 0 Å². The predicted molar refractivity (Wildman–Crippen MR) is 97.0 cm³/mol. The van der Waals surface area contributed by atoms with Crippen molar-refractivity contribution in [1.29, 1.82) is 0 Å². The fraction of sp³-hybridized carbons (Fsp3) is 0.0588. The Morgan fingerprint density at radius 1 is 1.04 bits per heavy atom. The first-order valence-corrected chi connectivity index (χ1v) is 7.42. The Hall–Kier alpha value is -3.88. The van der Waals surface area contributed by atoms with Crippen LogP contribution in [0.2, 0.25) is 0 Å². The zero-order valence-electron chi connectivity index (χ0n) is 13.4. The number of hydrogen-bond donors (Lipinski definition) is 1. The summed E-state index contributed by atoms with van der Waals surface area (Å²) in [5.41, 5.74) is 0.722. The molecule has 0 fully saturated rings. The van der Waals surface area contributed by atoms with Crippen molar-refractivity contribution in [3.63, 3.8) is 0 Å². The zero-order valence-corrected chi connectivity index (χ0v) is 13.4. The number of nitrogens with one attached hydrogen (secondary N) is 1. The van der Waals surface area contributed by atoms with Gasteiger partial charge in [0.15, 0.2) is 5.78 Å². The highest BCUT2D eigenvalue weighted by Gasteiger charge is 2.06. The number of nitro benzene ring substituents is 2. The van der Waals surface area contributed by atoms with E-state index in [0.29, 0.717) is 11.4 Å². The summed E-state index contributed by atoms with van der Waals surface area (Å²) >= 11 is 0. The fourth-order valence-electron chi connectivity index (χ4n) is 1.94. The molecule has 26 heavy (non-hydrogen) atoms. The molecule has 0 amide bonds. The van der Waals surface area contributed by atoms with Crippen molar-refractivity contribution in [2.75, 3.05) is 11.9 Å². The van der Waals surface area contributed by atoms with Gasteiger partial charge in [-0.15, -0.1) is 0 Å². The number of allylic oxidation sites excluding steroid dienone is 1. The summed E-state index contributed by atoms with van der Waals surface area (Å²) in [5.74, 6) is -0.262. The molecule has 9 nitrogen and oxygen atoms in total. The lowest BCUT2D eigenvalue weighted by Crippen LogP contribution is -2.11. The molecule has 0 unspecified atom stereocenters. The van der Waals surface area contributed by atoms with Crippen LogP contribution in [0.5, 0.6) is 0 Å². The van der Waals surface area contributed by atoms with Crippen molar-refractivity contribution in [3.8, 4) is 0 Å². The van der Waals surface area contributed by atoms with Crippen molar-refractivity contribution in [1.82, 2.24) is 0 Å². The van der Waals surface area contributed by atoms with Crippen LogP contribution in [-0.4, -0.2) is 28.4 Å². The summed E-state index contributed by atoms with van der Waals surface area (Å²) < 4.78 is 0. The third kappa shape index (κ3) is 5.64. The van der Waals surface area contributed by atoms with Gasteiger partial charge in [-0.25, -0.2) is 0 Å². The van der Waals surface area contributed by atoms with E-state index in [2.05, 4.69) is 10.3 Å². The quantitative estimate of drug-likeness (QED) is 0.335. The molecule has 2 aromatic carbocycles. The van der Waals surface area contributed by atoms with Crippen LogP contribution in [0.15, 0.2) is 65.7 Å². The molecule has 0 radical (unpaired) electrons. The van der Waals surface area contributed by atoms with Crippen LogP contribution in [0, 0.1) is 20.2 Å². The molecule has 0 aliphatic carbocycles. The first kappa shape index (κ1) is 18.5. The number of rotatable bonds is 8. The third-order valence-electron chi connectivity index (χ3n) is 3.16. The summed E-state index contributed by atoms with van der Waals surface area (Å²) in [5, 5.41) is 24.2. The highest BCUT2D eigenvalue weighted by Crippen LogP contribution is 2.19. The Labute approximate surface area is 148 Å². The van der Waals surface area contributed by atoms with Crippen LogP contribution in [0.4, 0.5) is 22.7 Å². The Kier molecular flexibility index (Phi) is 6.27. The SMILES string of the molecule is O=C(/C=C/C=Nc1cccc([N+](=O)[O-])c1)CNc1cccc([N+](=O)[O-])c1. The number of carbonyl (C=O) groups excluding carboxylic acids is 1. The normalized spacial score (nSPS) is 10.9. The van der Waals surface area contributed by atoms with Crippen molar-refractivity contribution in [2.24, 2.45) is 4.99 Å². The van der Waals surface area contributed by atoms with Crippen molar-refractivity contribution < 1.29 is 14.6 Å². The molecule has 0 saturated carbocycles. The smallest absolute Gasteiger partial charge is 0.271 e. The number of nitrogens with zero attached hydrogens (tertiary/aromatic N) is 3. The molecule has 0 spiro atoms. The highest BCUT2D eigenvalue weighted by molar-refractivity contribution is 5.96. The monoisotopic (exact) mass is 354 g/mol. The molecule has 0 aromatic heterocycles. The largest absolute Gasteiger partial charge is 0.377 e. The number of benzene rings is 2. The second kappa shape index (κ2) is 8.83. The molecule has 2 aromatic rings. The summed E-state index contributed by atoms with van der Waals surface area (Å²) in [4.78, 5) is 36.1. The number of hydrogen-bond acceptors (Lipinski definition) is 7. The first-order chi connectivity index (χ1) is 12.5. The summed E-state index contributed by atoms with van der Waals surface area (Å²) in [6.45, 7) is -0.0394. The molecule has 0 saturated heterocycles. The molecule has 2 rings (SSSR count). The Balaban J connectivity index is 1.87. The number of nitro groups is 2. The van der Waals surface area contributed by atoms with Crippen LogP contribution < -0.4 is 5.32 Å². The number of carbonyl (C=O) groups is 1. The van der Waals surface area contributed by atoms with E-state index in [1.54, 1.807) is 12.1 Å². The van der Waals surface area contributed by atoms with Crippen molar-refractivity contribution >= 4 is 34.7 Å². The van der Waals surface area contributed by atoms with Crippen LogP contribution in [-0.2, 0) is 4.79 Å². The molecular weight excluding hydrogens is 340 g/mol. The average Bonchev–Trinajstić information content (AvgIpc) is 2.64. The second-order valence-corrected chi connectivity index (χ2v) is 5.04. The van der Waals surface area contributed by atoms with Crippen molar-refractivity contribution in [2.45, 2.75) is 0 Å². The third-order valence-corrected chi connectivity index (χ3v) is 3.16. The van der Waals surface area contributed by atoms with E-state index >= 15 is 0 Å². The molecule has 0 heterocycles. The van der Waals surface area contributed by atoms with E-state index in [4.69, 9.17) is 0 Å². The zero-order chi connectivity index (χ0) is 18.9. The van der Waals surface area contributed by atoms with Gasteiger partial charge in [-0.3, -0.25) is 30.0 Å². The van der Waals surface area contributed by atoms with Gasteiger partial charge in [0.25, 0.3) is 11.4 Å². The number of non-ortho nitro benzene ring substituents is 2. The van der Waals surface area contributed by atoms with E-state index in [0.717, 1.165) is 0 Å². The Bertz CT molecular complexity index is 892. The first-order valence-electron chi connectivity index (χ1n) is 7.42. The maximum atomic E-state index is 11.8. The van der Waals surface area contributed by atoms with Gasteiger partial charge in [0.2, 0.25) is 0 Å². The predicted octanol–water partition coefficient (Wildman–Crippen LogP) is 3.44. The minimum Gasteiger partial charge on any atom is -0.377 e. The Morgan fingerprint density at radius 2 is 1.69 bits per heavy atom. The molecule has 0 aliphatic rings. The van der Waals surface area contributed by atoms with E-state index < -0.39 is 9.85 Å². The van der Waals surface area contributed by atoms with Gasteiger partial charge in [0, 0.05) is 36.2 Å². The average molecular weight is 354 g/mol.